The van der Waals surface area contributed by atoms with Gasteiger partial charge in [0, 0.05) is 36.2 Å². The van der Waals surface area contributed by atoms with Gasteiger partial charge < -0.3 is 14.4 Å². The zero-order valence-corrected chi connectivity index (χ0v) is 15.2. The maximum atomic E-state index is 14.3. The van der Waals surface area contributed by atoms with Crippen LogP contribution in [0.1, 0.15) is 21.5 Å². The summed E-state index contributed by atoms with van der Waals surface area (Å²) >= 11 is 5.85. The van der Waals surface area contributed by atoms with E-state index in [0.717, 1.165) is 5.56 Å². The Morgan fingerprint density at radius 2 is 2.00 bits per heavy atom. The van der Waals surface area contributed by atoms with Crippen molar-refractivity contribution in [2.45, 2.75) is 19.1 Å². The van der Waals surface area contributed by atoms with Gasteiger partial charge in [-0.25, -0.2) is 4.39 Å². The molecule has 2 heterocycles. The van der Waals surface area contributed by atoms with Gasteiger partial charge in [0.15, 0.2) is 5.78 Å². The average Bonchev–Trinajstić information content (AvgIpc) is 2.61. The van der Waals surface area contributed by atoms with E-state index in [1.54, 1.807) is 12.1 Å². The second-order valence-corrected chi connectivity index (χ2v) is 7.15. The van der Waals surface area contributed by atoms with E-state index in [1.165, 1.54) is 17.0 Å². The molecule has 0 atom stereocenters. The Morgan fingerprint density at radius 3 is 2.74 bits per heavy atom. The molecule has 4 rings (SSSR count). The van der Waals surface area contributed by atoms with Gasteiger partial charge in [-0.3, -0.25) is 9.59 Å². The third kappa shape index (κ3) is 3.82. The van der Waals surface area contributed by atoms with Gasteiger partial charge in [-0.1, -0.05) is 23.7 Å². The summed E-state index contributed by atoms with van der Waals surface area (Å²) < 4.78 is 25.3. The molecular weight excluding hydrogens is 373 g/mol. The summed E-state index contributed by atoms with van der Waals surface area (Å²) in [6, 6.07) is 9.97. The zero-order chi connectivity index (χ0) is 19.0. The molecule has 1 saturated heterocycles. The monoisotopic (exact) mass is 389 g/mol. The Balaban J connectivity index is 1.35. The molecule has 0 bridgehead atoms. The van der Waals surface area contributed by atoms with Crippen molar-refractivity contribution in [1.82, 2.24) is 4.90 Å². The number of amides is 1. The lowest BCUT2D eigenvalue weighted by molar-refractivity contribution is -0.121. The molecule has 0 unspecified atom stereocenters. The fraction of sp³-hybridized carbons (Fsp3) is 0.300. The van der Waals surface area contributed by atoms with Gasteiger partial charge in [0.05, 0.1) is 18.3 Å². The second-order valence-electron chi connectivity index (χ2n) is 6.71. The minimum absolute atomic E-state index is 0.0387. The van der Waals surface area contributed by atoms with Gasteiger partial charge >= 0.3 is 0 Å². The molecule has 2 aromatic rings. The van der Waals surface area contributed by atoms with E-state index in [1.807, 2.05) is 12.1 Å². The molecule has 5 nitrogen and oxygen atoms in total. The van der Waals surface area contributed by atoms with Crippen LogP contribution in [0.5, 0.6) is 5.75 Å². The van der Waals surface area contributed by atoms with E-state index in [0.29, 0.717) is 36.0 Å². The Kier molecular flexibility index (Phi) is 4.85. The number of benzene rings is 2. The molecule has 0 radical (unpaired) electrons. The summed E-state index contributed by atoms with van der Waals surface area (Å²) in [5, 5.41) is 0.665. The van der Waals surface area contributed by atoms with Crippen LogP contribution in [-0.2, 0) is 22.6 Å². The standard InChI is InChI=1S/C20H17ClFNO4/c21-14-3-1-12(2-4-14)10-26-16-8-23(9-16)20(25)17-6-13-5-15(24)11-27-19(13)7-18(17)22/h1-4,6-7,16H,5,8-11H2. The minimum Gasteiger partial charge on any atom is -0.485 e. The molecule has 27 heavy (non-hydrogen) atoms. The van der Waals surface area contributed by atoms with Crippen molar-refractivity contribution in [3.63, 3.8) is 0 Å². The minimum atomic E-state index is -0.640. The third-order valence-corrected chi connectivity index (χ3v) is 4.94. The van der Waals surface area contributed by atoms with Crippen LogP contribution in [-0.4, -0.2) is 42.4 Å². The third-order valence-electron chi connectivity index (χ3n) is 4.69. The highest BCUT2D eigenvalue weighted by molar-refractivity contribution is 6.30. The highest BCUT2D eigenvalue weighted by Crippen LogP contribution is 2.28. The van der Waals surface area contributed by atoms with E-state index in [2.05, 4.69) is 0 Å². The number of nitrogens with zero attached hydrogens (tertiary/aromatic N) is 1. The van der Waals surface area contributed by atoms with E-state index in [4.69, 9.17) is 21.1 Å². The zero-order valence-electron chi connectivity index (χ0n) is 14.4. The van der Waals surface area contributed by atoms with Crippen molar-refractivity contribution >= 4 is 23.3 Å². The molecule has 2 aromatic carbocycles. The first kappa shape index (κ1) is 17.9. The lowest BCUT2D eigenvalue weighted by Gasteiger charge is -2.39. The van der Waals surface area contributed by atoms with Gasteiger partial charge in [0.25, 0.3) is 5.91 Å². The van der Waals surface area contributed by atoms with E-state index >= 15 is 0 Å². The lowest BCUT2D eigenvalue weighted by Crippen LogP contribution is -2.54. The number of carbonyl (C=O) groups is 2. The fourth-order valence-corrected chi connectivity index (χ4v) is 3.26. The van der Waals surface area contributed by atoms with Crippen LogP contribution in [0.25, 0.3) is 0 Å². The lowest BCUT2D eigenvalue weighted by atomic mass is 10.0. The van der Waals surface area contributed by atoms with Gasteiger partial charge in [-0.2, -0.15) is 0 Å². The average molecular weight is 390 g/mol. The first-order valence-electron chi connectivity index (χ1n) is 8.62. The molecule has 1 fully saturated rings. The molecule has 0 saturated carbocycles. The molecule has 140 valence electrons. The van der Waals surface area contributed by atoms with Crippen molar-refractivity contribution in [2.24, 2.45) is 0 Å². The molecule has 2 aliphatic rings. The van der Waals surface area contributed by atoms with Crippen LogP contribution in [0.2, 0.25) is 5.02 Å². The Bertz CT molecular complexity index is 894. The molecule has 0 aliphatic carbocycles. The number of rotatable bonds is 4. The summed E-state index contributed by atoms with van der Waals surface area (Å²) in [4.78, 5) is 25.6. The van der Waals surface area contributed by atoms with Crippen molar-refractivity contribution < 1.29 is 23.5 Å². The molecule has 0 N–H and O–H groups in total. The van der Waals surface area contributed by atoms with Crippen molar-refractivity contribution in [3.8, 4) is 5.75 Å². The summed E-state index contributed by atoms with van der Waals surface area (Å²) in [6.45, 7) is 1.17. The number of hydrogen-bond donors (Lipinski definition) is 0. The second kappa shape index (κ2) is 7.29. The van der Waals surface area contributed by atoms with E-state index in [-0.39, 0.29) is 30.5 Å². The first-order valence-corrected chi connectivity index (χ1v) is 8.99. The number of halogens is 2. The summed E-state index contributed by atoms with van der Waals surface area (Å²) in [6.07, 6.45) is 0.0677. The predicted octanol–water partition coefficient (Wildman–Crippen LogP) is 3.02. The number of carbonyl (C=O) groups excluding carboxylic acids is 2. The maximum Gasteiger partial charge on any atom is 0.257 e. The van der Waals surface area contributed by atoms with Gasteiger partial charge in [-0.05, 0) is 23.8 Å². The predicted molar refractivity (Wildman–Crippen MR) is 96.5 cm³/mol. The largest absolute Gasteiger partial charge is 0.485 e. The number of ketones is 1. The van der Waals surface area contributed by atoms with Gasteiger partial charge in [0.2, 0.25) is 0 Å². The van der Waals surface area contributed by atoms with Crippen LogP contribution in [0.3, 0.4) is 0 Å². The maximum absolute atomic E-state index is 14.3. The Morgan fingerprint density at radius 1 is 1.26 bits per heavy atom. The van der Waals surface area contributed by atoms with Gasteiger partial charge in [0.1, 0.15) is 18.2 Å². The van der Waals surface area contributed by atoms with Crippen LogP contribution < -0.4 is 4.74 Å². The number of likely N-dealkylation sites (tertiary alicyclic amines) is 1. The Hall–Kier alpha value is -2.44. The number of Topliss-reactive ketones (excluding diaryl/α,β-unsaturated/α-hetero) is 1. The molecular formula is C20H17ClFNO4. The van der Waals surface area contributed by atoms with E-state index < -0.39 is 11.7 Å². The molecule has 7 heteroatoms. The van der Waals surface area contributed by atoms with Crippen molar-refractivity contribution in [3.05, 3.63) is 63.9 Å². The first-order chi connectivity index (χ1) is 13.0. The van der Waals surface area contributed by atoms with Crippen LogP contribution in [0.4, 0.5) is 4.39 Å². The topological polar surface area (TPSA) is 55.8 Å². The van der Waals surface area contributed by atoms with E-state index in [9.17, 15) is 14.0 Å². The van der Waals surface area contributed by atoms with Crippen LogP contribution in [0.15, 0.2) is 36.4 Å². The number of hydrogen-bond acceptors (Lipinski definition) is 4. The van der Waals surface area contributed by atoms with Gasteiger partial charge in [-0.15, -0.1) is 0 Å². The molecule has 0 spiro atoms. The molecule has 0 aromatic heterocycles. The van der Waals surface area contributed by atoms with Crippen LogP contribution in [0, 0.1) is 5.82 Å². The number of fused-ring (bicyclic) bond motifs is 1. The normalized spacial score (nSPS) is 16.5. The highest BCUT2D eigenvalue weighted by atomic mass is 35.5. The summed E-state index contributed by atoms with van der Waals surface area (Å²) in [7, 11) is 0. The van der Waals surface area contributed by atoms with Crippen LogP contribution >= 0.6 is 11.6 Å². The highest BCUT2D eigenvalue weighted by Gasteiger charge is 2.34. The molecule has 1 amide bonds. The van der Waals surface area contributed by atoms with Crippen molar-refractivity contribution in [1.29, 1.82) is 0 Å². The quantitative estimate of drug-likeness (QED) is 0.806. The summed E-state index contributed by atoms with van der Waals surface area (Å²) in [5.74, 6) is -0.804. The summed E-state index contributed by atoms with van der Waals surface area (Å²) in [5.41, 5.74) is 1.50. The Labute approximate surface area is 160 Å². The molecule has 2 aliphatic heterocycles. The number of ether oxygens (including phenoxy) is 2. The smallest absolute Gasteiger partial charge is 0.257 e. The fourth-order valence-electron chi connectivity index (χ4n) is 3.13. The van der Waals surface area contributed by atoms with Crippen molar-refractivity contribution in [2.75, 3.05) is 19.7 Å². The SMILES string of the molecule is O=C1COc2cc(F)c(C(=O)N3CC(OCc4ccc(Cl)cc4)C3)cc2C1.